The van der Waals surface area contributed by atoms with Crippen LogP contribution in [-0.4, -0.2) is 57.6 Å². The van der Waals surface area contributed by atoms with Crippen molar-refractivity contribution < 1.29 is 14.3 Å². The van der Waals surface area contributed by atoms with Crippen molar-refractivity contribution in [2.45, 2.75) is 6.42 Å². The van der Waals surface area contributed by atoms with Crippen molar-refractivity contribution in [2.75, 3.05) is 46.9 Å². The van der Waals surface area contributed by atoms with E-state index < -0.39 is 0 Å². The third kappa shape index (κ3) is 3.96. The summed E-state index contributed by atoms with van der Waals surface area (Å²) in [6, 6.07) is 3.55. The van der Waals surface area contributed by atoms with Gasteiger partial charge in [-0.25, -0.2) is 0 Å². The van der Waals surface area contributed by atoms with Crippen LogP contribution in [0.15, 0.2) is 16.6 Å². The van der Waals surface area contributed by atoms with E-state index in [-0.39, 0.29) is 5.78 Å². The van der Waals surface area contributed by atoms with Gasteiger partial charge in [0.2, 0.25) is 0 Å². The Hall–Kier alpha value is -1.11. The number of carbonyl (C=O) groups excluding carboxylic acids is 1. The first-order chi connectivity index (χ1) is 10.2. The van der Waals surface area contributed by atoms with Crippen LogP contribution in [0.1, 0.15) is 16.8 Å². The van der Waals surface area contributed by atoms with E-state index in [4.69, 9.17) is 9.47 Å². The molecule has 0 bridgehead atoms. The molecule has 1 aromatic carbocycles. The number of nitrogens with zero attached hydrogens (tertiary/aromatic N) is 1. The van der Waals surface area contributed by atoms with Gasteiger partial charge in [-0.15, -0.1) is 0 Å². The summed E-state index contributed by atoms with van der Waals surface area (Å²) in [5.74, 6) is 1.26. The predicted molar refractivity (Wildman–Crippen MR) is 85.5 cm³/mol. The molecule has 21 heavy (non-hydrogen) atoms. The number of rotatable bonds is 5. The number of carbonyl (C=O) groups is 1. The minimum atomic E-state index is 0.0668. The Labute approximate surface area is 133 Å². The van der Waals surface area contributed by atoms with Gasteiger partial charge in [0.25, 0.3) is 0 Å². The first kappa shape index (κ1) is 16.3. The van der Waals surface area contributed by atoms with Gasteiger partial charge < -0.3 is 14.8 Å². The zero-order valence-corrected chi connectivity index (χ0v) is 14.0. The molecule has 116 valence electrons. The van der Waals surface area contributed by atoms with Crippen molar-refractivity contribution in [3.63, 3.8) is 0 Å². The number of Topliss-reactive ketones (excluding diaryl/α,β-unsaturated/α-hetero) is 1. The maximum absolute atomic E-state index is 12.6. The molecule has 0 saturated carbocycles. The highest BCUT2D eigenvalue weighted by atomic mass is 79.9. The zero-order chi connectivity index (χ0) is 15.2. The molecule has 0 aliphatic carbocycles. The van der Waals surface area contributed by atoms with Crippen LogP contribution in [0.2, 0.25) is 0 Å². The molecule has 1 heterocycles. The van der Waals surface area contributed by atoms with Crippen molar-refractivity contribution in [3.05, 3.63) is 22.2 Å². The molecule has 6 heteroatoms. The summed E-state index contributed by atoms with van der Waals surface area (Å²) in [6.45, 7) is 4.19. The molecule has 1 aliphatic heterocycles. The Morgan fingerprint density at radius 3 is 2.81 bits per heavy atom. The van der Waals surface area contributed by atoms with Gasteiger partial charge in [-0.1, -0.05) is 0 Å². The number of methoxy groups -OCH3 is 2. The van der Waals surface area contributed by atoms with Gasteiger partial charge in [0, 0.05) is 13.1 Å². The van der Waals surface area contributed by atoms with Gasteiger partial charge in [-0.2, -0.15) is 0 Å². The van der Waals surface area contributed by atoms with Gasteiger partial charge in [0.05, 0.1) is 26.3 Å². The fourth-order valence-corrected chi connectivity index (χ4v) is 3.13. The Bertz CT molecular complexity index is 500. The van der Waals surface area contributed by atoms with Crippen LogP contribution < -0.4 is 14.8 Å². The molecular weight excluding hydrogens is 336 g/mol. The van der Waals surface area contributed by atoms with E-state index >= 15 is 0 Å². The lowest BCUT2D eigenvalue weighted by Crippen LogP contribution is -2.33. The highest BCUT2D eigenvalue weighted by molar-refractivity contribution is 9.10. The Balaban J connectivity index is 2.16. The summed E-state index contributed by atoms with van der Waals surface area (Å²) < 4.78 is 11.3. The molecule has 0 amide bonds. The Morgan fingerprint density at radius 2 is 2.10 bits per heavy atom. The highest BCUT2D eigenvalue weighted by Crippen LogP contribution is 2.37. The monoisotopic (exact) mass is 356 g/mol. The first-order valence-electron chi connectivity index (χ1n) is 7.04. The number of halogens is 1. The zero-order valence-electron chi connectivity index (χ0n) is 12.4. The molecule has 0 radical (unpaired) electrons. The molecule has 2 rings (SSSR count). The summed E-state index contributed by atoms with van der Waals surface area (Å²) in [6.07, 6.45) is 1.07. The number of hydrogen-bond donors (Lipinski definition) is 1. The van der Waals surface area contributed by atoms with Crippen LogP contribution in [0.4, 0.5) is 0 Å². The van der Waals surface area contributed by atoms with Crippen LogP contribution in [0.3, 0.4) is 0 Å². The van der Waals surface area contributed by atoms with Gasteiger partial charge in [0.1, 0.15) is 16.0 Å². The summed E-state index contributed by atoms with van der Waals surface area (Å²) in [4.78, 5) is 14.7. The summed E-state index contributed by atoms with van der Waals surface area (Å²) in [5, 5.41) is 3.34. The molecule has 5 nitrogen and oxygen atoms in total. The van der Waals surface area contributed by atoms with Crippen LogP contribution in [0, 0.1) is 0 Å². The Morgan fingerprint density at radius 1 is 1.29 bits per heavy atom. The SMILES string of the molecule is COc1ccc(C(=O)CN2CCCNCC2)c(OC)c1Br. The largest absolute Gasteiger partial charge is 0.495 e. The van der Waals surface area contributed by atoms with Crippen molar-refractivity contribution in [1.82, 2.24) is 10.2 Å². The van der Waals surface area contributed by atoms with Gasteiger partial charge >= 0.3 is 0 Å². The van der Waals surface area contributed by atoms with Crippen molar-refractivity contribution in [2.24, 2.45) is 0 Å². The van der Waals surface area contributed by atoms with Gasteiger partial charge in [-0.05, 0) is 47.6 Å². The minimum Gasteiger partial charge on any atom is -0.495 e. The average molecular weight is 357 g/mol. The molecule has 0 unspecified atom stereocenters. The molecule has 1 aromatic rings. The maximum atomic E-state index is 12.6. The molecular formula is C15H21BrN2O3. The van der Waals surface area contributed by atoms with E-state index in [1.165, 1.54) is 0 Å². The lowest BCUT2D eigenvalue weighted by molar-refractivity contribution is 0.0932. The molecule has 1 saturated heterocycles. The third-order valence-corrected chi connectivity index (χ3v) is 4.34. The summed E-state index contributed by atoms with van der Waals surface area (Å²) >= 11 is 3.43. The normalized spacial score (nSPS) is 16.3. The summed E-state index contributed by atoms with van der Waals surface area (Å²) in [7, 11) is 3.15. The fraction of sp³-hybridized carbons (Fsp3) is 0.533. The molecule has 0 aromatic heterocycles. The van der Waals surface area contributed by atoms with Crippen LogP contribution in [0.5, 0.6) is 11.5 Å². The standard InChI is InChI=1S/C15H21BrN2O3/c1-20-13-5-4-11(15(21-2)14(13)16)12(19)10-18-8-3-6-17-7-9-18/h4-5,17H,3,6-10H2,1-2H3. The van der Waals surface area contributed by atoms with Crippen LogP contribution in [0.25, 0.3) is 0 Å². The van der Waals surface area contributed by atoms with E-state index in [1.54, 1.807) is 26.4 Å². The average Bonchev–Trinajstić information content (AvgIpc) is 2.75. The molecule has 1 fully saturated rings. The number of ketones is 1. The molecule has 1 N–H and O–H groups in total. The maximum Gasteiger partial charge on any atom is 0.180 e. The highest BCUT2D eigenvalue weighted by Gasteiger charge is 2.20. The number of nitrogens with one attached hydrogen (secondary N) is 1. The second-order valence-corrected chi connectivity index (χ2v) is 5.76. The molecule has 0 spiro atoms. The van der Waals surface area contributed by atoms with Crippen molar-refractivity contribution >= 4 is 21.7 Å². The number of ether oxygens (including phenoxy) is 2. The molecule has 0 atom stereocenters. The van der Waals surface area contributed by atoms with Crippen molar-refractivity contribution in [3.8, 4) is 11.5 Å². The molecule has 1 aliphatic rings. The van der Waals surface area contributed by atoms with E-state index in [9.17, 15) is 4.79 Å². The first-order valence-corrected chi connectivity index (χ1v) is 7.83. The second-order valence-electron chi connectivity index (χ2n) is 4.97. The van der Waals surface area contributed by atoms with E-state index in [0.29, 0.717) is 28.1 Å². The van der Waals surface area contributed by atoms with Gasteiger partial charge in [-0.3, -0.25) is 9.69 Å². The topological polar surface area (TPSA) is 50.8 Å². The lowest BCUT2D eigenvalue weighted by atomic mass is 10.1. The van der Waals surface area contributed by atoms with Crippen molar-refractivity contribution in [1.29, 1.82) is 0 Å². The number of hydrogen-bond acceptors (Lipinski definition) is 5. The summed E-state index contributed by atoms with van der Waals surface area (Å²) in [5.41, 5.74) is 0.586. The van der Waals surface area contributed by atoms with E-state index in [1.807, 2.05) is 0 Å². The smallest absolute Gasteiger partial charge is 0.180 e. The minimum absolute atomic E-state index is 0.0668. The predicted octanol–water partition coefficient (Wildman–Crippen LogP) is 1.94. The second kappa shape index (κ2) is 7.77. The Kier molecular flexibility index (Phi) is 6.02. The van der Waals surface area contributed by atoms with E-state index in [2.05, 4.69) is 26.1 Å². The lowest BCUT2D eigenvalue weighted by Gasteiger charge is -2.19. The van der Waals surface area contributed by atoms with Gasteiger partial charge in [0.15, 0.2) is 5.78 Å². The third-order valence-electron chi connectivity index (χ3n) is 3.59. The van der Waals surface area contributed by atoms with E-state index in [0.717, 1.165) is 32.6 Å². The van der Waals surface area contributed by atoms with Crippen LogP contribution in [-0.2, 0) is 0 Å². The number of benzene rings is 1. The fourth-order valence-electron chi connectivity index (χ4n) is 2.46. The quantitative estimate of drug-likeness (QED) is 0.817. The van der Waals surface area contributed by atoms with Crippen LogP contribution >= 0.6 is 15.9 Å².